The van der Waals surface area contributed by atoms with E-state index in [2.05, 4.69) is 17.0 Å². The molecule has 0 fully saturated rings. The summed E-state index contributed by atoms with van der Waals surface area (Å²) in [4.78, 5) is 17.9. The normalized spacial score (nSPS) is 12.0. The Morgan fingerprint density at radius 3 is 2.59 bits per heavy atom. The van der Waals surface area contributed by atoms with E-state index in [1.54, 1.807) is 24.3 Å². The molecule has 0 bridgehead atoms. The molecule has 172 valence electrons. The molecule has 2 aromatic carbocycles. The second-order valence-corrected chi connectivity index (χ2v) is 9.43. The van der Waals surface area contributed by atoms with Gasteiger partial charge in [0, 0.05) is 17.2 Å². The first-order valence-electron chi connectivity index (χ1n) is 10.7. The molecule has 0 aliphatic carbocycles. The molecule has 5 aromatic rings. The Labute approximate surface area is 209 Å². The number of hydrogen-bond acceptors (Lipinski definition) is 6. The number of ether oxygens (including phenoxy) is 1. The second-order valence-electron chi connectivity index (χ2n) is 7.60. The van der Waals surface area contributed by atoms with Crippen molar-refractivity contribution in [2.45, 2.75) is 19.8 Å². The molecular weight excluding hydrogens is 493 g/mol. The summed E-state index contributed by atoms with van der Waals surface area (Å²) in [5.74, 6) is 2.47. The van der Waals surface area contributed by atoms with Gasteiger partial charge in [0.2, 0.25) is 4.96 Å². The van der Waals surface area contributed by atoms with E-state index >= 15 is 0 Å². The maximum Gasteiger partial charge on any atom is 0.291 e. The number of nitrogens with zero attached hydrogens (tertiary/aromatic N) is 3. The van der Waals surface area contributed by atoms with E-state index < -0.39 is 0 Å². The van der Waals surface area contributed by atoms with Crippen LogP contribution in [-0.4, -0.2) is 21.2 Å². The van der Waals surface area contributed by atoms with Crippen LogP contribution in [0.25, 0.3) is 33.7 Å². The predicted molar refractivity (Wildman–Crippen MR) is 136 cm³/mol. The van der Waals surface area contributed by atoms with Crippen LogP contribution in [-0.2, 0) is 0 Å². The van der Waals surface area contributed by atoms with E-state index in [0.717, 1.165) is 29.7 Å². The Morgan fingerprint density at radius 2 is 1.85 bits per heavy atom. The van der Waals surface area contributed by atoms with E-state index in [9.17, 15) is 4.79 Å². The minimum Gasteiger partial charge on any atom is -0.494 e. The Bertz CT molecular complexity index is 1570. The molecule has 0 atom stereocenters. The third kappa shape index (κ3) is 4.59. The average molecular weight is 512 g/mol. The molecular formula is C25H19Cl2N3O3S. The molecule has 0 aliphatic heterocycles. The summed E-state index contributed by atoms with van der Waals surface area (Å²) >= 11 is 13.3. The fourth-order valence-electron chi connectivity index (χ4n) is 3.35. The first-order chi connectivity index (χ1) is 16.5. The summed E-state index contributed by atoms with van der Waals surface area (Å²) in [7, 11) is 0. The van der Waals surface area contributed by atoms with E-state index in [-0.39, 0.29) is 5.56 Å². The Morgan fingerprint density at radius 1 is 1.06 bits per heavy atom. The van der Waals surface area contributed by atoms with Crippen LogP contribution < -0.4 is 14.8 Å². The van der Waals surface area contributed by atoms with Crippen molar-refractivity contribution in [3.05, 3.63) is 85.3 Å². The lowest BCUT2D eigenvalue weighted by molar-refractivity contribution is 0.309. The first kappa shape index (κ1) is 22.7. The third-order valence-corrected chi connectivity index (χ3v) is 6.86. The number of hydrogen-bond donors (Lipinski definition) is 0. The van der Waals surface area contributed by atoms with Gasteiger partial charge in [-0.3, -0.25) is 4.79 Å². The van der Waals surface area contributed by atoms with Gasteiger partial charge in [0.1, 0.15) is 21.8 Å². The summed E-state index contributed by atoms with van der Waals surface area (Å²) in [6.45, 7) is 2.82. The van der Waals surface area contributed by atoms with Gasteiger partial charge in [-0.05, 0) is 61.0 Å². The van der Waals surface area contributed by atoms with Crippen molar-refractivity contribution in [1.29, 1.82) is 0 Å². The summed E-state index contributed by atoms with van der Waals surface area (Å²) in [5.41, 5.74) is 1.37. The zero-order valence-electron chi connectivity index (χ0n) is 18.1. The lowest BCUT2D eigenvalue weighted by atomic mass is 10.2. The third-order valence-electron chi connectivity index (χ3n) is 5.17. The van der Waals surface area contributed by atoms with Gasteiger partial charge in [0.15, 0.2) is 5.82 Å². The molecule has 0 saturated heterocycles. The molecule has 0 amide bonds. The van der Waals surface area contributed by atoms with Crippen LogP contribution >= 0.6 is 34.5 Å². The summed E-state index contributed by atoms with van der Waals surface area (Å²) < 4.78 is 13.4. The maximum atomic E-state index is 12.9. The van der Waals surface area contributed by atoms with Gasteiger partial charge in [0.25, 0.3) is 5.56 Å². The zero-order valence-corrected chi connectivity index (χ0v) is 20.5. The second kappa shape index (κ2) is 9.62. The average Bonchev–Trinajstić information content (AvgIpc) is 3.54. The smallest absolute Gasteiger partial charge is 0.291 e. The molecule has 9 heteroatoms. The molecule has 0 spiro atoms. The monoisotopic (exact) mass is 511 g/mol. The van der Waals surface area contributed by atoms with Crippen LogP contribution in [0.2, 0.25) is 10.0 Å². The van der Waals surface area contributed by atoms with Crippen LogP contribution in [0.3, 0.4) is 0 Å². The van der Waals surface area contributed by atoms with E-state index in [1.165, 1.54) is 15.9 Å². The molecule has 3 heterocycles. The van der Waals surface area contributed by atoms with Crippen LogP contribution in [0.5, 0.6) is 5.75 Å². The van der Waals surface area contributed by atoms with Crippen molar-refractivity contribution in [1.82, 2.24) is 14.6 Å². The Kier molecular flexibility index (Phi) is 6.41. The summed E-state index contributed by atoms with van der Waals surface area (Å²) in [6, 6.07) is 16.5. The minimum absolute atomic E-state index is 0.245. The number of rotatable bonds is 7. The predicted octanol–water partition coefficient (Wildman–Crippen LogP) is 6.11. The van der Waals surface area contributed by atoms with Gasteiger partial charge in [-0.1, -0.05) is 47.9 Å². The van der Waals surface area contributed by atoms with Crippen molar-refractivity contribution in [2.75, 3.05) is 6.61 Å². The van der Waals surface area contributed by atoms with Crippen molar-refractivity contribution in [3.8, 4) is 28.5 Å². The van der Waals surface area contributed by atoms with Crippen LogP contribution in [0.4, 0.5) is 0 Å². The number of halogens is 2. The largest absolute Gasteiger partial charge is 0.494 e. The quantitative estimate of drug-likeness (QED) is 0.246. The molecule has 34 heavy (non-hydrogen) atoms. The number of benzene rings is 2. The van der Waals surface area contributed by atoms with Crippen LogP contribution in [0.1, 0.15) is 25.5 Å². The molecule has 0 unspecified atom stereocenters. The number of unbranched alkanes of at least 4 members (excludes halogenated alkanes) is 1. The number of thiazole rings is 1. The van der Waals surface area contributed by atoms with Gasteiger partial charge in [-0.2, -0.15) is 9.50 Å². The summed E-state index contributed by atoms with van der Waals surface area (Å²) in [5, 5.41) is 5.33. The molecule has 0 aliphatic rings. The maximum absolute atomic E-state index is 12.9. The van der Waals surface area contributed by atoms with Gasteiger partial charge in [0.05, 0.1) is 16.7 Å². The molecule has 6 nitrogen and oxygen atoms in total. The lowest BCUT2D eigenvalue weighted by Crippen LogP contribution is -2.23. The van der Waals surface area contributed by atoms with Gasteiger partial charge in [-0.25, -0.2) is 0 Å². The highest BCUT2D eigenvalue weighted by Crippen LogP contribution is 2.29. The molecule has 0 N–H and O–H groups in total. The minimum atomic E-state index is -0.245. The number of fused-ring (bicyclic) bond motifs is 1. The van der Waals surface area contributed by atoms with Crippen molar-refractivity contribution in [3.63, 3.8) is 0 Å². The van der Waals surface area contributed by atoms with Crippen LogP contribution in [0.15, 0.2) is 63.8 Å². The molecule has 3 aromatic heterocycles. The van der Waals surface area contributed by atoms with Gasteiger partial charge >= 0.3 is 0 Å². The van der Waals surface area contributed by atoms with Gasteiger partial charge < -0.3 is 9.15 Å². The van der Waals surface area contributed by atoms with Crippen molar-refractivity contribution < 1.29 is 9.15 Å². The first-order valence-corrected chi connectivity index (χ1v) is 12.3. The molecule has 0 saturated carbocycles. The summed E-state index contributed by atoms with van der Waals surface area (Å²) in [6.07, 6.45) is 3.79. The number of aromatic nitrogens is 3. The highest BCUT2D eigenvalue weighted by Gasteiger charge is 2.13. The van der Waals surface area contributed by atoms with Gasteiger partial charge in [-0.15, -0.1) is 5.10 Å². The van der Waals surface area contributed by atoms with E-state index in [0.29, 0.717) is 43.5 Å². The topological polar surface area (TPSA) is 69.6 Å². The number of furan rings is 1. The lowest BCUT2D eigenvalue weighted by Gasteiger charge is -2.05. The van der Waals surface area contributed by atoms with E-state index in [4.69, 9.17) is 32.4 Å². The van der Waals surface area contributed by atoms with E-state index in [1.807, 2.05) is 36.4 Å². The fraction of sp³-hybridized carbons (Fsp3) is 0.160. The standard InChI is InChI=1S/C25H19Cl2N3O3S/c1-2-3-12-32-17-7-4-15(5-8-17)23-28-25-30(29-23)24(31)22(34-25)14-18-9-11-21(33-18)16-6-10-19(26)20(27)13-16/h4-11,13-14H,2-3,12H2,1H3/b22-14-. The molecule has 5 rings (SSSR count). The molecule has 0 radical (unpaired) electrons. The Hall–Kier alpha value is -3.13. The fourth-order valence-corrected chi connectivity index (χ4v) is 4.54. The highest BCUT2D eigenvalue weighted by atomic mass is 35.5. The highest BCUT2D eigenvalue weighted by molar-refractivity contribution is 7.15. The zero-order chi connectivity index (χ0) is 23.7. The van der Waals surface area contributed by atoms with Crippen molar-refractivity contribution >= 4 is 45.6 Å². The SMILES string of the molecule is CCCCOc1ccc(-c2nc3s/c(=C\c4ccc(-c5ccc(Cl)c(Cl)c5)o4)c(=O)n3n2)cc1. The Balaban J connectivity index is 1.39. The van der Waals surface area contributed by atoms with Crippen molar-refractivity contribution in [2.24, 2.45) is 0 Å². The van der Waals surface area contributed by atoms with Crippen LogP contribution in [0, 0.1) is 0 Å².